The second-order valence-electron chi connectivity index (χ2n) is 4.01. The molecular formula is C14H13FN2OS. The number of nitrogen functional groups attached to an aromatic ring is 1. The van der Waals surface area contributed by atoms with Gasteiger partial charge >= 0.3 is 0 Å². The number of halogens is 1. The number of anilines is 1. The first-order valence-electron chi connectivity index (χ1n) is 5.78. The van der Waals surface area contributed by atoms with Crippen LogP contribution in [-0.2, 0) is 0 Å². The lowest BCUT2D eigenvalue weighted by Crippen LogP contribution is -2.30. The molecule has 0 saturated heterocycles. The molecular weight excluding hydrogens is 263 g/mol. The van der Waals surface area contributed by atoms with Gasteiger partial charge in [-0.15, -0.1) is 17.8 Å². The van der Waals surface area contributed by atoms with Gasteiger partial charge in [-0.3, -0.25) is 4.79 Å². The van der Waals surface area contributed by atoms with E-state index in [2.05, 4.69) is 5.92 Å². The number of benzene rings is 1. The Balaban J connectivity index is 2.48. The summed E-state index contributed by atoms with van der Waals surface area (Å²) in [5.74, 6) is 1.86. The zero-order chi connectivity index (χ0) is 14.0. The molecule has 1 aromatic heterocycles. The standard InChI is InChI=1S/C14H13FN2OS/c1-3-7-17(4-2)14(18)13-12(16)10-8-9(15)5-6-11(10)19-13/h1,5-6,8H,4,7,16H2,2H3. The molecule has 0 spiro atoms. The molecule has 0 fully saturated rings. The number of carbonyl (C=O) groups is 1. The summed E-state index contributed by atoms with van der Waals surface area (Å²) in [6.45, 7) is 2.58. The average Bonchev–Trinajstić information content (AvgIpc) is 2.72. The molecule has 3 nitrogen and oxygen atoms in total. The molecule has 2 aromatic rings. The smallest absolute Gasteiger partial charge is 0.266 e. The third kappa shape index (κ3) is 2.40. The Morgan fingerprint density at radius 3 is 2.95 bits per heavy atom. The molecule has 0 bridgehead atoms. The van der Waals surface area contributed by atoms with Gasteiger partial charge in [0.15, 0.2) is 0 Å². The molecule has 0 aliphatic rings. The van der Waals surface area contributed by atoms with Gasteiger partial charge in [-0.2, -0.15) is 0 Å². The second kappa shape index (κ2) is 5.29. The lowest BCUT2D eigenvalue weighted by molar-refractivity contribution is 0.0790. The molecule has 19 heavy (non-hydrogen) atoms. The van der Waals surface area contributed by atoms with E-state index in [-0.39, 0.29) is 18.3 Å². The number of terminal acetylenes is 1. The predicted molar refractivity (Wildman–Crippen MR) is 76.6 cm³/mol. The lowest BCUT2D eigenvalue weighted by atomic mass is 10.2. The Morgan fingerprint density at radius 1 is 1.58 bits per heavy atom. The van der Waals surface area contributed by atoms with Crippen LogP contribution in [0, 0.1) is 18.2 Å². The molecule has 1 aromatic carbocycles. The largest absolute Gasteiger partial charge is 0.397 e. The molecule has 2 N–H and O–H groups in total. The van der Waals surface area contributed by atoms with Crippen LogP contribution in [0.2, 0.25) is 0 Å². The van der Waals surface area contributed by atoms with Crippen molar-refractivity contribution in [3.63, 3.8) is 0 Å². The number of carbonyl (C=O) groups excluding carboxylic acids is 1. The fraction of sp³-hybridized carbons (Fsp3) is 0.214. The van der Waals surface area contributed by atoms with Crippen molar-refractivity contribution in [3.8, 4) is 12.3 Å². The van der Waals surface area contributed by atoms with Crippen LogP contribution in [0.3, 0.4) is 0 Å². The van der Waals surface area contributed by atoms with Gasteiger partial charge in [-0.1, -0.05) is 5.92 Å². The van der Waals surface area contributed by atoms with E-state index < -0.39 is 0 Å². The minimum Gasteiger partial charge on any atom is -0.397 e. The minimum atomic E-state index is -0.369. The van der Waals surface area contributed by atoms with E-state index in [1.54, 1.807) is 6.07 Å². The zero-order valence-electron chi connectivity index (χ0n) is 10.4. The van der Waals surface area contributed by atoms with E-state index in [1.807, 2.05) is 6.92 Å². The van der Waals surface area contributed by atoms with E-state index in [0.29, 0.717) is 22.5 Å². The molecule has 0 radical (unpaired) electrons. The summed E-state index contributed by atoms with van der Waals surface area (Å²) in [7, 11) is 0. The van der Waals surface area contributed by atoms with E-state index in [9.17, 15) is 9.18 Å². The van der Waals surface area contributed by atoms with Crippen LogP contribution in [0.25, 0.3) is 10.1 Å². The van der Waals surface area contributed by atoms with E-state index in [0.717, 1.165) is 4.70 Å². The van der Waals surface area contributed by atoms with Gasteiger partial charge in [0.2, 0.25) is 0 Å². The highest BCUT2D eigenvalue weighted by molar-refractivity contribution is 7.21. The van der Waals surface area contributed by atoms with Crippen LogP contribution < -0.4 is 5.73 Å². The van der Waals surface area contributed by atoms with Crippen molar-refractivity contribution >= 4 is 33.0 Å². The van der Waals surface area contributed by atoms with Crippen LogP contribution in [0.15, 0.2) is 18.2 Å². The summed E-state index contributed by atoms with van der Waals surface area (Å²) in [5.41, 5.74) is 6.26. The summed E-state index contributed by atoms with van der Waals surface area (Å²) in [4.78, 5) is 14.2. The maximum atomic E-state index is 13.2. The quantitative estimate of drug-likeness (QED) is 0.876. The number of fused-ring (bicyclic) bond motifs is 1. The Morgan fingerprint density at radius 2 is 2.32 bits per heavy atom. The number of rotatable bonds is 3. The molecule has 98 valence electrons. The highest BCUT2D eigenvalue weighted by atomic mass is 32.1. The van der Waals surface area contributed by atoms with Crippen LogP contribution in [0.5, 0.6) is 0 Å². The zero-order valence-corrected chi connectivity index (χ0v) is 11.3. The van der Waals surface area contributed by atoms with Gasteiger partial charge in [0.1, 0.15) is 10.7 Å². The van der Waals surface area contributed by atoms with Gasteiger partial charge in [0.25, 0.3) is 5.91 Å². The number of nitrogens with two attached hydrogens (primary N) is 1. The van der Waals surface area contributed by atoms with Crippen LogP contribution in [0.4, 0.5) is 10.1 Å². The molecule has 0 unspecified atom stereocenters. The van der Waals surface area contributed by atoms with Crippen molar-refractivity contribution in [2.45, 2.75) is 6.92 Å². The normalized spacial score (nSPS) is 10.4. The van der Waals surface area contributed by atoms with Crippen molar-refractivity contribution in [2.75, 3.05) is 18.8 Å². The lowest BCUT2D eigenvalue weighted by Gasteiger charge is -2.17. The number of hydrogen-bond acceptors (Lipinski definition) is 3. The summed E-state index contributed by atoms with van der Waals surface area (Å²) in [6.07, 6.45) is 5.23. The molecule has 0 aliphatic carbocycles. The number of thiophene rings is 1. The van der Waals surface area contributed by atoms with E-state index in [4.69, 9.17) is 12.2 Å². The first-order valence-corrected chi connectivity index (χ1v) is 6.60. The molecule has 0 aliphatic heterocycles. The van der Waals surface area contributed by atoms with Gasteiger partial charge < -0.3 is 10.6 Å². The monoisotopic (exact) mass is 276 g/mol. The average molecular weight is 276 g/mol. The van der Waals surface area contributed by atoms with Crippen molar-refractivity contribution in [2.24, 2.45) is 0 Å². The molecule has 0 saturated carbocycles. The molecule has 2 rings (SSSR count). The fourth-order valence-electron chi connectivity index (χ4n) is 1.83. The van der Waals surface area contributed by atoms with Crippen molar-refractivity contribution in [1.82, 2.24) is 4.90 Å². The summed E-state index contributed by atoms with van der Waals surface area (Å²) >= 11 is 1.26. The van der Waals surface area contributed by atoms with Crippen LogP contribution in [-0.4, -0.2) is 23.9 Å². The second-order valence-corrected chi connectivity index (χ2v) is 5.06. The van der Waals surface area contributed by atoms with Crippen LogP contribution in [0.1, 0.15) is 16.6 Å². The van der Waals surface area contributed by atoms with Gasteiger partial charge in [-0.05, 0) is 25.1 Å². The molecule has 5 heteroatoms. The number of nitrogens with zero attached hydrogens (tertiary/aromatic N) is 1. The van der Waals surface area contributed by atoms with E-state index in [1.165, 1.54) is 28.4 Å². The first-order chi connectivity index (χ1) is 9.08. The summed E-state index contributed by atoms with van der Waals surface area (Å²) < 4.78 is 14.0. The maximum absolute atomic E-state index is 13.2. The van der Waals surface area contributed by atoms with Crippen molar-refractivity contribution in [3.05, 3.63) is 28.9 Å². The summed E-state index contributed by atoms with van der Waals surface area (Å²) in [5, 5.41) is 0.574. The fourth-order valence-corrected chi connectivity index (χ4v) is 2.90. The topological polar surface area (TPSA) is 46.3 Å². The third-order valence-electron chi connectivity index (χ3n) is 2.83. The minimum absolute atomic E-state index is 0.209. The SMILES string of the molecule is C#CCN(CC)C(=O)c1sc2ccc(F)cc2c1N. The maximum Gasteiger partial charge on any atom is 0.266 e. The van der Waals surface area contributed by atoms with E-state index >= 15 is 0 Å². The van der Waals surface area contributed by atoms with Crippen LogP contribution >= 0.6 is 11.3 Å². The number of hydrogen-bond donors (Lipinski definition) is 1. The Kier molecular flexibility index (Phi) is 3.72. The van der Waals surface area contributed by atoms with Gasteiger partial charge in [0, 0.05) is 16.6 Å². The van der Waals surface area contributed by atoms with Crippen molar-refractivity contribution < 1.29 is 9.18 Å². The Hall–Kier alpha value is -2.06. The molecule has 1 amide bonds. The predicted octanol–water partition coefficient (Wildman–Crippen LogP) is 2.72. The molecule has 1 heterocycles. The third-order valence-corrected chi connectivity index (χ3v) is 4.01. The highest BCUT2D eigenvalue weighted by Gasteiger charge is 2.20. The summed E-state index contributed by atoms with van der Waals surface area (Å²) in [6, 6.07) is 4.32. The first kappa shape index (κ1) is 13.4. The highest BCUT2D eigenvalue weighted by Crippen LogP contribution is 2.34. The van der Waals surface area contributed by atoms with Gasteiger partial charge in [0.05, 0.1) is 12.2 Å². The molecule has 0 atom stereocenters. The number of amides is 1. The Bertz CT molecular complexity index is 672. The van der Waals surface area contributed by atoms with Gasteiger partial charge in [-0.25, -0.2) is 4.39 Å². The Labute approximate surface area is 114 Å². The van der Waals surface area contributed by atoms with Crippen molar-refractivity contribution in [1.29, 1.82) is 0 Å².